The van der Waals surface area contributed by atoms with Crippen molar-refractivity contribution < 1.29 is 9.53 Å². The van der Waals surface area contributed by atoms with Crippen LogP contribution in [-0.2, 0) is 0 Å². The molecule has 1 aromatic carbocycles. The minimum atomic E-state index is -0.442. The Balaban J connectivity index is 2.37. The molecule has 0 radical (unpaired) electrons. The van der Waals surface area contributed by atoms with Crippen LogP contribution in [0, 0.1) is 0 Å². The van der Waals surface area contributed by atoms with Crippen molar-refractivity contribution in [3.63, 3.8) is 0 Å². The zero-order valence-electron chi connectivity index (χ0n) is 9.74. The number of fused-ring (bicyclic) bond motifs is 1. The van der Waals surface area contributed by atoms with Gasteiger partial charge in [0, 0.05) is 5.69 Å². The van der Waals surface area contributed by atoms with E-state index in [9.17, 15) is 4.79 Å². The lowest BCUT2D eigenvalue weighted by molar-refractivity contribution is 0.0620. The first-order valence-electron chi connectivity index (χ1n) is 5.30. The first kappa shape index (κ1) is 11.9. The molecule has 1 heterocycles. The summed E-state index contributed by atoms with van der Waals surface area (Å²) in [5, 5.41) is 2.97. The Morgan fingerprint density at radius 2 is 2.24 bits per heavy atom. The summed E-state index contributed by atoms with van der Waals surface area (Å²) < 4.78 is 5.74. The van der Waals surface area contributed by atoms with Crippen molar-refractivity contribution in [1.82, 2.24) is 0 Å². The molecule has 1 aromatic rings. The average molecular weight is 250 g/mol. The predicted molar refractivity (Wildman–Crippen MR) is 70.5 cm³/mol. The van der Waals surface area contributed by atoms with Crippen molar-refractivity contribution in [2.24, 2.45) is 5.73 Å². The van der Waals surface area contributed by atoms with Crippen molar-refractivity contribution in [2.75, 3.05) is 5.32 Å². The van der Waals surface area contributed by atoms with Crippen LogP contribution in [0.25, 0.3) is 0 Å². The summed E-state index contributed by atoms with van der Waals surface area (Å²) in [6.07, 6.45) is 0.372. The molecule has 3 N–H and O–H groups in total. The van der Waals surface area contributed by atoms with Gasteiger partial charge in [-0.05, 0) is 44.3 Å². The highest BCUT2D eigenvalue weighted by Crippen LogP contribution is 2.34. The number of carbonyl (C=O) groups is 1. The standard InChI is InChI=1S/C12H14N2O2S/c1-12(2)6-9(15)8-5-7(14-11(13)17)3-4-10(8)16-12/h3-5H,6H2,1-2H3,(H3,13,14,17). The first-order valence-corrected chi connectivity index (χ1v) is 5.71. The number of thiocarbonyl (C=S) groups is 1. The number of rotatable bonds is 1. The summed E-state index contributed by atoms with van der Waals surface area (Å²) in [7, 11) is 0. The molecular formula is C12H14N2O2S. The Kier molecular flexibility index (Phi) is 2.79. The third-order valence-corrected chi connectivity index (χ3v) is 2.62. The lowest BCUT2D eigenvalue weighted by Crippen LogP contribution is -2.35. The predicted octanol–water partition coefficient (Wildman–Crippen LogP) is 2.09. The van der Waals surface area contributed by atoms with E-state index < -0.39 is 5.60 Å². The molecule has 0 spiro atoms. The van der Waals surface area contributed by atoms with E-state index in [0.29, 0.717) is 23.4 Å². The number of hydrogen-bond acceptors (Lipinski definition) is 3. The fourth-order valence-corrected chi connectivity index (χ4v) is 1.99. The minimum absolute atomic E-state index is 0.0721. The maximum Gasteiger partial charge on any atom is 0.170 e. The van der Waals surface area contributed by atoms with Crippen molar-refractivity contribution in [2.45, 2.75) is 25.9 Å². The van der Waals surface area contributed by atoms with Crippen molar-refractivity contribution in [3.8, 4) is 5.75 Å². The minimum Gasteiger partial charge on any atom is -0.487 e. The van der Waals surface area contributed by atoms with Crippen molar-refractivity contribution in [3.05, 3.63) is 23.8 Å². The number of anilines is 1. The number of ether oxygens (including phenoxy) is 1. The molecule has 0 fully saturated rings. The molecule has 17 heavy (non-hydrogen) atoms. The lowest BCUT2D eigenvalue weighted by atomic mass is 9.93. The van der Waals surface area contributed by atoms with Gasteiger partial charge in [-0.15, -0.1) is 0 Å². The van der Waals surface area contributed by atoms with Gasteiger partial charge in [0.25, 0.3) is 0 Å². The Hall–Kier alpha value is -1.62. The molecule has 0 amide bonds. The van der Waals surface area contributed by atoms with Gasteiger partial charge >= 0.3 is 0 Å². The number of carbonyl (C=O) groups excluding carboxylic acids is 1. The van der Waals surface area contributed by atoms with E-state index in [2.05, 4.69) is 5.32 Å². The van der Waals surface area contributed by atoms with Crippen LogP contribution in [0.15, 0.2) is 18.2 Å². The summed E-state index contributed by atoms with van der Waals surface area (Å²) in [5.74, 6) is 0.683. The molecule has 1 aliphatic rings. The van der Waals surface area contributed by atoms with Gasteiger partial charge < -0.3 is 15.8 Å². The third-order valence-electron chi connectivity index (χ3n) is 2.52. The highest BCUT2D eigenvalue weighted by atomic mass is 32.1. The average Bonchev–Trinajstić information content (AvgIpc) is 2.16. The number of Topliss-reactive ketones (excluding diaryl/α,β-unsaturated/α-hetero) is 1. The molecule has 5 heteroatoms. The van der Waals surface area contributed by atoms with Crippen LogP contribution in [0.1, 0.15) is 30.6 Å². The quantitative estimate of drug-likeness (QED) is 0.747. The smallest absolute Gasteiger partial charge is 0.170 e. The zero-order chi connectivity index (χ0) is 12.6. The summed E-state index contributed by atoms with van der Waals surface area (Å²) >= 11 is 4.75. The first-order chi connectivity index (χ1) is 7.87. The lowest BCUT2D eigenvalue weighted by Gasteiger charge is -2.31. The number of nitrogens with two attached hydrogens (primary N) is 1. The Bertz CT molecular complexity index is 497. The molecule has 0 atom stereocenters. The van der Waals surface area contributed by atoms with Gasteiger partial charge in [-0.2, -0.15) is 0 Å². The monoisotopic (exact) mass is 250 g/mol. The van der Waals surface area contributed by atoms with E-state index in [1.54, 1.807) is 18.2 Å². The zero-order valence-corrected chi connectivity index (χ0v) is 10.6. The van der Waals surface area contributed by atoms with Crippen LogP contribution in [0.2, 0.25) is 0 Å². The van der Waals surface area contributed by atoms with Gasteiger partial charge in [-0.3, -0.25) is 4.79 Å². The largest absolute Gasteiger partial charge is 0.487 e. The molecule has 0 unspecified atom stereocenters. The Labute approximate surface area is 105 Å². The van der Waals surface area contributed by atoms with Gasteiger partial charge in [0.2, 0.25) is 0 Å². The number of ketones is 1. The van der Waals surface area contributed by atoms with Gasteiger partial charge in [-0.1, -0.05) is 0 Å². The number of hydrogen-bond donors (Lipinski definition) is 2. The second-order valence-electron chi connectivity index (χ2n) is 4.66. The number of benzene rings is 1. The molecule has 0 aromatic heterocycles. The van der Waals surface area contributed by atoms with Gasteiger partial charge in [0.1, 0.15) is 11.4 Å². The van der Waals surface area contributed by atoms with Gasteiger partial charge in [0.05, 0.1) is 12.0 Å². The van der Waals surface area contributed by atoms with E-state index in [1.165, 1.54) is 0 Å². The third kappa shape index (κ3) is 2.55. The van der Waals surface area contributed by atoms with Crippen LogP contribution >= 0.6 is 12.2 Å². The number of nitrogens with one attached hydrogen (secondary N) is 1. The molecule has 0 bridgehead atoms. The summed E-state index contributed by atoms with van der Waals surface area (Å²) in [6.45, 7) is 3.80. The fraction of sp³-hybridized carbons (Fsp3) is 0.333. The van der Waals surface area contributed by atoms with Gasteiger partial charge in [0.15, 0.2) is 10.9 Å². The second-order valence-corrected chi connectivity index (χ2v) is 5.10. The van der Waals surface area contributed by atoms with E-state index in [1.807, 2.05) is 13.8 Å². The molecule has 0 aliphatic carbocycles. The van der Waals surface area contributed by atoms with Crippen molar-refractivity contribution >= 4 is 28.8 Å². The van der Waals surface area contributed by atoms with Crippen LogP contribution < -0.4 is 15.8 Å². The fourth-order valence-electron chi connectivity index (χ4n) is 1.87. The molecule has 4 nitrogen and oxygen atoms in total. The van der Waals surface area contributed by atoms with Crippen LogP contribution in [-0.4, -0.2) is 16.5 Å². The molecular weight excluding hydrogens is 236 g/mol. The summed E-state index contributed by atoms with van der Waals surface area (Å²) in [4.78, 5) is 12.0. The Morgan fingerprint density at radius 3 is 2.88 bits per heavy atom. The molecule has 0 saturated carbocycles. The highest BCUT2D eigenvalue weighted by molar-refractivity contribution is 7.80. The van der Waals surface area contributed by atoms with Crippen LogP contribution in [0.3, 0.4) is 0 Å². The van der Waals surface area contributed by atoms with E-state index in [0.717, 1.165) is 0 Å². The maximum atomic E-state index is 12.0. The van der Waals surface area contributed by atoms with E-state index >= 15 is 0 Å². The second kappa shape index (κ2) is 4.00. The molecule has 0 saturated heterocycles. The van der Waals surface area contributed by atoms with Gasteiger partial charge in [-0.25, -0.2) is 0 Å². The summed E-state index contributed by atoms with van der Waals surface area (Å²) in [6, 6.07) is 5.26. The van der Waals surface area contributed by atoms with E-state index in [-0.39, 0.29) is 10.9 Å². The molecule has 2 rings (SSSR count). The van der Waals surface area contributed by atoms with Crippen molar-refractivity contribution in [1.29, 1.82) is 0 Å². The molecule has 90 valence electrons. The summed E-state index contributed by atoms with van der Waals surface area (Å²) in [5.41, 5.74) is 6.22. The normalized spacial score (nSPS) is 16.9. The maximum absolute atomic E-state index is 12.0. The Morgan fingerprint density at radius 1 is 1.53 bits per heavy atom. The molecule has 1 aliphatic heterocycles. The highest BCUT2D eigenvalue weighted by Gasteiger charge is 2.32. The topological polar surface area (TPSA) is 64.4 Å². The van der Waals surface area contributed by atoms with Crippen LogP contribution in [0.4, 0.5) is 5.69 Å². The van der Waals surface area contributed by atoms with E-state index in [4.69, 9.17) is 22.7 Å². The van der Waals surface area contributed by atoms with Crippen LogP contribution in [0.5, 0.6) is 5.75 Å². The SMILES string of the molecule is CC1(C)CC(=O)c2cc(NC(N)=S)ccc2O1.